The Hall–Kier alpha value is -3.61. The third-order valence-corrected chi connectivity index (χ3v) is 3.94. The van der Waals surface area contributed by atoms with Gasteiger partial charge in [-0.2, -0.15) is 4.98 Å². The van der Waals surface area contributed by atoms with Gasteiger partial charge in [-0.3, -0.25) is 0 Å². The minimum atomic E-state index is -0.536. The van der Waals surface area contributed by atoms with Gasteiger partial charge in [0.1, 0.15) is 11.1 Å². The van der Waals surface area contributed by atoms with Crippen molar-refractivity contribution in [3.8, 4) is 34.3 Å². The topological polar surface area (TPSA) is 87.6 Å². The normalized spacial score (nSPS) is 10.8. The Morgan fingerprint density at radius 2 is 1.77 bits per heavy atom. The fraction of sp³-hybridized carbons (Fsp3) is 0.105. The maximum absolute atomic E-state index is 12.2. The van der Waals surface area contributed by atoms with Crippen LogP contribution in [0.2, 0.25) is 0 Å². The van der Waals surface area contributed by atoms with E-state index in [0.29, 0.717) is 28.5 Å². The Balaban J connectivity index is 1.77. The average Bonchev–Trinajstić information content (AvgIpc) is 3.16. The third kappa shape index (κ3) is 2.69. The summed E-state index contributed by atoms with van der Waals surface area (Å²) in [5.41, 5.74) is 0.845. The van der Waals surface area contributed by atoms with Crippen molar-refractivity contribution < 1.29 is 18.4 Å². The van der Waals surface area contributed by atoms with Gasteiger partial charge in [-0.1, -0.05) is 23.4 Å². The monoisotopic (exact) mass is 350 g/mol. The highest BCUT2D eigenvalue weighted by molar-refractivity contribution is 5.80. The largest absolute Gasteiger partial charge is 0.493 e. The lowest BCUT2D eigenvalue weighted by atomic mass is 10.2. The maximum Gasteiger partial charge on any atom is 0.349 e. The number of fused-ring (bicyclic) bond motifs is 1. The van der Waals surface area contributed by atoms with Crippen molar-refractivity contribution in [3.63, 3.8) is 0 Å². The lowest BCUT2D eigenvalue weighted by molar-refractivity contribution is 0.355. The summed E-state index contributed by atoms with van der Waals surface area (Å²) in [6.45, 7) is 0. The lowest BCUT2D eigenvalue weighted by Crippen LogP contribution is -2.02. The first-order valence-electron chi connectivity index (χ1n) is 7.79. The van der Waals surface area contributed by atoms with Crippen LogP contribution in [0.25, 0.3) is 33.8 Å². The minimum Gasteiger partial charge on any atom is -0.493 e. The van der Waals surface area contributed by atoms with Crippen LogP contribution in [0.1, 0.15) is 0 Å². The minimum absolute atomic E-state index is 0.0919. The number of ether oxygens (including phenoxy) is 2. The molecule has 0 N–H and O–H groups in total. The zero-order valence-corrected chi connectivity index (χ0v) is 14.1. The standard InChI is InChI=1S/C19H14N2O5/c1-23-15-8-7-12(10-16(15)24-2)17-20-18(26-21-17)13-9-11-5-3-4-6-14(11)25-19(13)22/h3-10H,1-2H3. The highest BCUT2D eigenvalue weighted by atomic mass is 16.5. The number of aromatic nitrogens is 2. The molecular formula is C19H14N2O5. The zero-order valence-electron chi connectivity index (χ0n) is 14.1. The van der Waals surface area contributed by atoms with E-state index in [4.69, 9.17) is 18.4 Å². The lowest BCUT2D eigenvalue weighted by Gasteiger charge is -2.07. The van der Waals surface area contributed by atoms with Gasteiger partial charge in [0.25, 0.3) is 5.89 Å². The van der Waals surface area contributed by atoms with Gasteiger partial charge in [-0.05, 0) is 30.3 Å². The van der Waals surface area contributed by atoms with Crippen molar-refractivity contribution in [3.05, 3.63) is 59.0 Å². The number of para-hydroxylation sites is 1. The Labute approximate surface area is 147 Å². The number of hydrogen-bond acceptors (Lipinski definition) is 7. The smallest absolute Gasteiger partial charge is 0.349 e. The molecule has 0 aliphatic carbocycles. The van der Waals surface area contributed by atoms with Gasteiger partial charge in [-0.15, -0.1) is 0 Å². The Morgan fingerprint density at radius 3 is 2.58 bits per heavy atom. The highest BCUT2D eigenvalue weighted by Gasteiger charge is 2.17. The number of nitrogens with zero attached hydrogens (tertiary/aromatic N) is 2. The molecule has 130 valence electrons. The van der Waals surface area contributed by atoms with Crippen molar-refractivity contribution in [2.45, 2.75) is 0 Å². The van der Waals surface area contributed by atoms with E-state index in [9.17, 15) is 4.79 Å². The Morgan fingerprint density at radius 1 is 0.962 bits per heavy atom. The third-order valence-electron chi connectivity index (χ3n) is 3.94. The summed E-state index contributed by atoms with van der Waals surface area (Å²) in [7, 11) is 3.10. The second-order valence-electron chi connectivity index (χ2n) is 5.48. The van der Waals surface area contributed by atoms with Gasteiger partial charge in [0.15, 0.2) is 11.5 Å². The maximum atomic E-state index is 12.2. The molecule has 0 aliphatic heterocycles. The highest BCUT2D eigenvalue weighted by Crippen LogP contribution is 2.32. The Kier molecular flexibility index (Phi) is 3.89. The summed E-state index contributed by atoms with van der Waals surface area (Å²) in [5.74, 6) is 1.56. The van der Waals surface area contributed by atoms with Gasteiger partial charge < -0.3 is 18.4 Å². The molecule has 4 aromatic rings. The molecule has 0 saturated carbocycles. The van der Waals surface area contributed by atoms with Crippen molar-refractivity contribution in [2.24, 2.45) is 0 Å². The van der Waals surface area contributed by atoms with Crippen LogP contribution in [0.15, 0.2) is 62.3 Å². The van der Waals surface area contributed by atoms with Gasteiger partial charge in [0, 0.05) is 10.9 Å². The van der Waals surface area contributed by atoms with Crippen molar-refractivity contribution in [1.29, 1.82) is 0 Å². The summed E-state index contributed by atoms with van der Waals surface area (Å²) in [6.07, 6.45) is 0. The first-order valence-corrected chi connectivity index (χ1v) is 7.79. The summed E-state index contributed by atoms with van der Waals surface area (Å²) >= 11 is 0. The molecular weight excluding hydrogens is 336 g/mol. The predicted octanol–water partition coefficient (Wildman–Crippen LogP) is 3.53. The number of hydrogen-bond donors (Lipinski definition) is 0. The molecule has 0 fully saturated rings. The van der Waals surface area contributed by atoms with Crippen LogP contribution in [0.3, 0.4) is 0 Å². The van der Waals surface area contributed by atoms with Crippen LogP contribution in [0.5, 0.6) is 11.5 Å². The summed E-state index contributed by atoms with van der Waals surface area (Å²) < 4.78 is 21.1. The summed E-state index contributed by atoms with van der Waals surface area (Å²) in [5, 5.41) is 4.72. The van der Waals surface area contributed by atoms with Crippen LogP contribution < -0.4 is 15.1 Å². The first-order chi connectivity index (χ1) is 12.7. The van der Waals surface area contributed by atoms with Gasteiger partial charge >= 0.3 is 5.63 Å². The number of methoxy groups -OCH3 is 2. The van der Waals surface area contributed by atoms with Gasteiger partial charge in [0.05, 0.1) is 14.2 Å². The molecule has 0 amide bonds. The average molecular weight is 350 g/mol. The number of rotatable bonds is 4. The molecule has 0 radical (unpaired) electrons. The predicted molar refractivity (Wildman–Crippen MR) is 94.3 cm³/mol. The molecule has 0 spiro atoms. The SMILES string of the molecule is COc1ccc(-c2noc(-c3cc4ccccc4oc3=O)n2)cc1OC. The van der Waals surface area contributed by atoms with Gasteiger partial charge in [0.2, 0.25) is 5.82 Å². The van der Waals surface area contributed by atoms with Crippen LogP contribution in [0, 0.1) is 0 Å². The van der Waals surface area contributed by atoms with E-state index in [0.717, 1.165) is 5.39 Å². The van der Waals surface area contributed by atoms with Crippen LogP contribution in [-0.4, -0.2) is 24.4 Å². The van der Waals surface area contributed by atoms with E-state index in [1.165, 1.54) is 0 Å². The van der Waals surface area contributed by atoms with Crippen molar-refractivity contribution >= 4 is 11.0 Å². The molecule has 0 bridgehead atoms. The Bertz CT molecular complexity index is 1150. The fourth-order valence-electron chi connectivity index (χ4n) is 2.64. The summed E-state index contributed by atoms with van der Waals surface area (Å²) in [4.78, 5) is 16.5. The quantitative estimate of drug-likeness (QED) is 0.520. The van der Waals surface area contributed by atoms with Gasteiger partial charge in [-0.25, -0.2) is 4.79 Å². The van der Waals surface area contributed by atoms with E-state index in [1.807, 2.05) is 12.1 Å². The van der Waals surface area contributed by atoms with E-state index < -0.39 is 5.63 Å². The molecule has 2 aromatic carbocycles. The molecule has 7 nitrogen and oxygen atoms in total. The molecule has 0 saturated heterocycles. The first kappa shape index (κ1) is 15.9. The zero-order chi connectivity index (χ0) is 18.1. The second-order valence-corrected chi connectivity index (χ2v) is 5.48. The van der Waals surface area contributed by atoms with E-state index in [-0.39, 0.29) is 11.5 Å². The van der Waals surface area contributed by atoms with Crippen LogP contribution >= 0.6 is 0 Å². The molecule has 7 heteroatoms. The molecule has 0 aliphatic rings. The number of benzene rings is 2. The summed E-state index contributed by atoms with van der Waals surface area (Å²) in [6, 6.07) is 14.1. The van der Waals surface area contributed by atoms with E-state index in [2.05, 4.69) is 10.1 Å². The molecule has 26 heavy (non-hydrogen) atoms. The van der Waals surface area contributed by atoms with Crippen molar-refractivity contribution in [2.75, 3.05) is 14.2 Å². The van der Waals surface area contributed by atoms with Crippen LogP contribution in [-0.2, 0) is 0 Å². The van der Waals surface area contributed by atoms with E-state index in [1.54, 1.807) is 50.6 Å². The van der Waals surface area contributed by atoms with E-state index >= 15 is 0 Å². The molecule has 2 aromatic heterocycles. The second kappa shape index (κ2) is 6.36. The molecule has 4 rings (SSSR count). The molecule has 2 heterocycles. The molecule has 0 atom stereocenters. The van der Waals surface area contributed by atoms with Crippen molar-refractivity contribution in [1.82, 2.24) is 10.1 Å². The fourth-order valence-corrected chi connectivity index (χ4v) is 2.64. The van der Waals surface area contributed by atoms with Crippen LogP contribution in [0.4, 0.5) is 0 Å². The molecule has 0 unspecified atom stereocenters.